The van der Waals surface area contributed by atoms with Crippen molar-refractivity contribution in [1.29, 1.82) is 0 Å². The molecule has 0 spiro atoms. The smallest absolute Gasteiger partial charge is 0 e. The van der Waals surface area contributed by atoms with Gasteiger partial charge in [0.15, 0.2) is 0 Å². The van der Waals surface area contributed by atoms with Gasteiger partial charge in [-0.2, -0.15) is 0 Å². The van der Waals surface area contributed by atoms with Crippen LogP contribution in [0.25, 0.3) is 0 Å². The van der Waals surface area contributed by atoms with Crippen molar-refractivity contribution < 1.29 is 793 Å². The first kappa shape index (κ1) is 335. The average Bonchev–Trinajstić information content (AvgIpc) is 3.09. The van der Waals surface area contributed by atoms with Gasteiger partial charge in [-0.1, -0.05) is 277 Å². The molecule has 504 valence electrons. The van der Waals surface area contributed by atoms with Crippen LogP contribution >= 0.6 is 0 Å². The molecule has 2 saturated carbocycles. The summed E-state index contributed by atoms with van der Waals surface area (Å²) in [6.07, 6.45) is 20.7. The molecule has 69 heavy (non-hydrogen) atoms. The fraction of sp³-hybridized carbons (Fsp3) is 1.00. The first-order valence-electron chi connectivity index (χ1n) is 11.7. The van der Waals surface area contributed by atoms with Gasteiger partial charge in [-0.3, -0.25) is 0 Å². The van der Waals surface area contributed by atoms with Gasteiger partial charge in [-0.15, -0.1) is 0 Å². The predicted octanol–water partition coefficient (Wildman–Crippen LogP) is 23.9. The van der Waals surface area contributed by atoms with Gasteiger partial charge in [0.05, 0.1) is 0 Å². The molecule has 4 atom stereocenters. The Balaban J connectivity index is -0.00000000265. The summed E-state index contributed by atoms with van der Waals surface area (Å²) in [5, 5.41) is 0. The molecule has 0 aromatic carbocycles. The van der Waals surface area contributed by atoms with Crippen molar-refractivity contribution in [2.45, 2.75) is 303 Å². The summed E-state index contributed by atoms with van der Waals surface area (Å²) in [5.74, 6) is 5.44. The molecule has 0 saturated heterocycles. The summed E-state index contributed by atoms with van der Waals surface area (Å²) in [7, 11) is 0. The molecule has 0 nitrogen and oxygen atoms in total. The van der Waals surface area contributed by atoms with Crippen LogP contribution in [0.5, 0.6) is 0 Å². The number of fused-ring (bicyclic) bond motifs is 1. The van der Waals surface area contributed by atoms with Gasteiger partial charge in [0.1, 0.15) is 0 Å². The van der Waals surface area contributed by atoms with Crippen molar-refractivity contribution in [3.8, 4) is 0 Å². The molecular weight excluding hydrogens is 1420 g/mol. The maximum atomic E-state index is 2.39. The van der Waals surface area contributed by atoms with Crippen molar-refractivity contribution in [3.63, 3.8) is 0 Å². The van der Waals surface area contributed by atoms with E-state index in [1.807, 2.05) is 0 Å². The second-order valence-corrected chi connectivity index (χ2v) is 8.85. The third kappa shape index (κ3) is 207. The van der Waals surface area contributed by atoms with Crippen LogP contribution in [0.2, 0.25) is 0 Å². The standard InChI is InChI=1S/C20H38.C4H10.24CH4.21Ar/c1-4-7-9-17-14-18-10-8-11-20(18)19(15-17)13-12-16(5-2)6-3;1-3-4-2;;;;;;;;;;;;;;;;;;;;;;;;;;;;;;;;;;;;;;;;;;;;;/h16-20H,4-15H2,1-3H3;3-4H2,1-2H3;24*1H4;;;;;;;;;;;;;;;;;;;;;. The zero-order chi connectivity index (χ0) is 17.8. The molecule has 0 bridgehead atoms. The van der Waals surface area contributed by atoms with Crippen LogP contribution < -0.4 is 0 Å². The Labute approximate surface area is 1090 Å². The second-order valence-electron chi connectivity index (χ2n) is 8.85. The Morgan fingerprint density at radius 3 is 0.754 bits per heavy atom. The van der Waals surface area contributed by atoms with Gasteiger partial charge in [-0.25, -0.2) is 0 Å². The first-order chi connectivity index (χ1) is 11.7. The van der Waals surface area contributed by atoms with Crippen LogP contribution in [0.3, 0.4) is 0 Å². The van der Waals surface area contributed by atoms with Crippen molar-refractivity contribution >= 4 is 0 Å². The van der Waals surface area contributed by atoms with Crippen LogP contribution in [0.4, 0.5) is 0 Å². The van der Waals surface area contributed by atoms with E-state index in [-0.39, 0.29) is 971 Å². The minimum Gasteiger partial charge on any atom is -0.0776 e. The number of rotatable bonds is 9. The third-order valence-electron chi connectivity index (χ3n) is 7.16. The van der Waals surface area contributed by atoms with Gasteiger partial charge in [0, 0.05) is 793 Å². The minimum absolute atomic E-state index is 0. The summed E-state index contributed by atoms with van der Waals surface area (Å²) in [6, 6.07) is 0. The van der Waals surface area contributed by atoms with E-state index in [0.29, 0.717) is 0 Å². The monoisotopic (exact) mass is 1560 g/mol. The molecule has 2 fully saturated rings. The molecule has 0 N–H and O–H groups in total. The topological polar surface area (TPSA) is 0 Å². The van der Waals surface area contributed by atoms with E-state index in [1.165, 1.54) is 57.8 Å². The van der Waals surface area contributed by atoms with Gasteiger partial charge >= 0.3 is 0 Å². The van der Waals surface area contributed by atoms with Crippen molar-refractivity contribution in [2.24, 2.45) is 29.6 Å². The van der Waals surface area contributed by atoms with Crippen LogP contribution in [0.1, 0.15) is 303 Å². The van der Waals surface area contributed by atoms with E-state index in [4.69, 9.17) is 0 Å². The molecule has 0 amide bonds. The molecule has 2 aliphatic carbocycles. The van der Waals surface area contributed by atoms with Gasteiger partial charge < -0.3 is 0 Å². The fourth-order valence-electron chi connectivity index (χ4n) is 5.31. The first-order valence-corrected chi connectivity index (χ1v) is 11.7. The summed E-state index contributed by atoms with van der Waals surface area (Å²) in [4.78, 5) is 0. The fourth-order valence-corrected chi connectivity index (χ4v) is 5.31. The van der Waals surface area contributed by atoms with Gasteiger partial charge in [0.25, 0.3) is 0 Å². The quantitative estimate of drug-likeness (QED) is 0.216. The molecule has 0 heterocycles. The minimum atomic E-state index is 0. The second kappa shape index (κ2) is 268. The molecule has 2 rings (SSSR count). The normalized spacial score (nSPS) is 10.2. The Morgan fingerprint density at radius 1 is 0.304 bits per heavy atom. The summed E-state index contributed by atoms with van der Waals surface area (Å²) in [6.45, 7) is 11.5. The number of hydrogen-bond donors (Lipinski definition) is 0. The van der Waals surface area contributed by atoms with E-state index < -0.39 is 0 Å². The number of unbranched alkanes of at least 4 members (excludes halogenated alkanes) is 2. The Kier molecular flexibility index (Phi) is 1300. The molecule has 21 heteroatoms. The average molecular weight is 1560 g/mol. The number of hydrogen-bond acceptors (Lipinski definition) is 0. The molecule has 0 radical (unpaired) electrons. The van der Waals surface area contributed by atoms with E-state index in [2.05, 4.69) is 34.6 Å². The van der Waals surface area contributed by atoms with Crippen LogP contribution in [0, 0.1) is 822 Å². The van der Waals surface area contributed by atoms with Crippen molar-refractivity contribution in [2.75, 3.05) is 0 Å². The van der Waals surface area contributed by atoms with Gasteiger partial charge in [-0.05, 0) is 55.3 Å². The molecule has 0 aromatic rings. The zero-order valence-corrected chi connectivity index (χ0v) is 40.1. The van der Waals surface area contributed by atoms with E-state index in [0.717, 1.165) is 29.6 Å². The van der Waals surface area contributed by atoms with Crippen molar-refractivity contribution in [3.05, 3.63) is 0 Å². The third-order valence-corrected chi connectivity index (χ3v) is 7.16. The predicted molar refractivity (Wildman–Crippen MR) is 272 cm³/mol. The van der Waals surface area contributed by atoms with E-state index >= 15 is 0 Å². The Hall–Kier alpha value is 26.5. The van der Waals surface area contributed by atoms with E-state index in [9.17, 15) is 0 Å². The molecule has 4 unspecified atom stereocenters. The summed E-state index contributed by atoms with van der Waals surface area (Å²) < 4.78 is 0. The van der Waals surface area contributed by atoms with Crippen LogP contribution in [-0.2, 0) is 0 Å². The summed E-state index contributed by atoms with van der Waals surface area (Å²) >= 11 is 0. The zero-order valence-electron chi connectivity index (χ0n) is 25.2. The summed E-state index contributed by atoms with van der Waals surface area (Å²) in [5.41, 5.74) is 0. The SMILES string of the molecule is C.C.C.C.C.C.C.C.C.C.C.C.C.C.C.C.C.C.C.C.C.C.C.C.CCCC.CCCCC1CC2CCCC2C(CCC(CC)CC)C1.[Ar].[Ar].[Ar].[Ar].[Ar].[Ar].[Ar].[Ar].[Ar].[Ar].[Ar].[Ar].[Ar].[Ar].[Ar].[Ar].[Ar].[Ar].[Ar].[Ar].[Ar]. The van der Waals surface area contributed by atoms with E-state index in [1.54, 1.807) is 32.1 Å². The largest absolute Gasteiger partial charge is 0.0776 e. The molecule has 0 aliphatic heterocycles. The van der Waals surface area contributed by atoms with Crippen LogP contribution in [-0.4, -0.2) is 0 Å². The Bertz CT molecular complexity index is 337. The molecule has 0 aromatic heterocycles. The molecule has 2 aliphatic rings. The maximum Gasteiger partial charge on any atom is 0 e. The van der Waals surface area contributed by atoms with Crippen molar-refractivity contribution in [1.82, 2.24) is 0 Å². The van der Waals surface area contributed by atoms with Crippen LogP contribution in [0.15, 0.2) is 0 Å². The molecular formula is C48H144Ar21. The maximum absolute atomic E-state index is 2.39. The Morgan fingerprint density at radius 2 is 0.551 bits per heavy atom. The van der Waals surface area contributed by atoms with Gasteiger partial charge in [0.2, 0.25) is 0 Å².